The van der Waals surface area contributed by atoms with Crippen LogP contribution in [0, 0.1) is 28.6 Å². The lowest BCUT2D eigenvalue weighted by atomic mass is 9.42. The number of fused-ring (bicyclic) bond motifs is 5. The zero-order valence-corrected chi connectivity index (χ0v) is 14.7. The molecule has 0 aliphatic heterocycles. The molecule has 4 aliphatic rings. The first kappa shape index (κ1) is 17.2. The highest BCUT2D eigenvalue weighted by Crippen LogP contribution is 2.67. The highest BCUT2D eigenvalue weighted by Gasteiger charge is 2.69. The number of rotatable bonds is 0. The molecule has 5 unspecified atom stereocenters. The van der Waals surface area contributed by atoms with Crippen molar-refractivity contribution in [1.82, 2.24) is 0 Å². The van der Waals surface area contributed by atoms with Crippen molar-refractivity contribution in [1.29, 1.82) is 0 Å². The first-order chi connectivity index (χ1) is 11.1. The van der Waals surface area contributed by atoms with Gasteiger partial charge in [-0.3, -0.25) is 0 Å². The Bertz CT molecular complexity index is 526. The number of aliphatic hydroxyl groups excluding tert-OH is 4. The summed E-state index contributed by atoms with van der Waals surface area (Å²) in [5, 5.41) is 53.8. The van der Waals surface area contributed by atoms with Gasteiger partial charge in [0.2, 0.25) is 0 Å². The van der Waals surface area contributed by atoms with E-state index < -0.39 is 35.4 Å². The Hall–Kier alpha value is -0.200. The Morgan fingerprint density at radius 3 is 2.29 bits per heavy atom. The summed E-state index contributed by atoms with van der Waals surface area (Å²) >= 11 is 0. The summed E-state index contributed by atoms with van der Waals surface area (Å²) in [7, 11) is 0. The van der Waals surface area contributed by atoms with E-state index in [0.29, 0.717) is 25.7 Å². The Balaban J connectivity index is 1.76. The van der Waals surface area contributed by atoms with Crippen LogP contribution in [-0.4, -0.2) is 55.5 Å². The van der Waals surface area contributed by atoms with E-state index in [1.165, 1.54) is 0 Å². The van der Waals surface area contributed by atoms with Crippen molar-refractivity contribution in [3.63, 3.8) is 0 Å². The van der Waals surface area contributed by atoms with Crippen LogP contribution in [0.25, 0.3) is 0 Å². The van der Waals surface area contributed by atoms with Crippen molar-refractivity contribution in [3.05, 3.63) is 0 Å². The second-order valence-electron chi connectivity index (χ2n) is 9.66. The maximum Gasteiger partial charge on any atom is 0.0986 e. The number of hydrogen-bond donors (Lipinski definition) is 5. The van der Waals surface area contributed by atoms with Gasteiger partial charge in [0.25, 0.3) is 0 Å². The first-order valence-corrected chi connectivity index (χ1v) is 9.58. The van der Waals surface area contributed by atoms with Crippen LogP contribution in [0.1, 0.15) is 58.8 Å². The minimum atomic E-state index is -1.34. The molecule has 4 fully saturated rings. The van der Waals surface area contributed by atoms with Crippen molar-refractivity contribution in [2.24, 2.45) is 28.6 Å². The molecule has 4 aliphatic carbocycles. The van der Waals surface area contributed by atoms with Crippen LogP contribution in [0.2, 0.25) is 0 Å². The quantitative estimate of drug-likeness (QED) is 0.449. The van der Waals surface area contributed by atoms with Crippen molar-refractivity contribution in [2.75, 3.05) is 0 Å². The molecule has 0 amide bonds. The molecule has 0 aromatic heterocycles. The summed E-state index contributed by atoms with van der Waals surface area (Å²) < 4.78 is 0. The molecule has 0 bridgehead atoms. The lowest BCUT2D eigenvalue weighted by molar-refractivity contribution is -0.283. The predicted molar refractivity (Wildman–Crippen MR) is 88.0 cm³/mol. The first-order valence-electron chi connectivity index (χ1n) is 9.58. The predicted octanol–water partition coefficient (Wildman–Crippen LogP) is 0.807. The Kier molecular flexibility index (Phi) is 3.71. The zero-order chi connectivity index (χ0) is 17.5. The van der Waals surface area contributed by atoms with Crippen LogP contribution < -0.4 is 0 Å². The largest absolute Gasteiger partial charge is 0.393 e. The van der Waals surface area contributed by atoms with Gasteiger partial charge in [-0.05, 0) is 61.7 Å². The second kappa shape index (κ2) is 5.17. The van der Waals surface area contributed by atoms with Crippen LogP contribution in [0.3, 0.4) is 0 Å². The molecule has 0 heterocycles. The van der Waals surface area contributed by atoms with E-state index in [1.807, 2.05) is 6.92 Å². The average molecular weight is 340 g/mol. The maximum absolute atomic E-state index is 11.3. The smallest absolute Gasteiger partial charge is 0.0986 e. The standard InChI is InChI=1S/C19H32O5/c1-17-9-13(21)16-11(12(17)3-4-14(17)22)7-15(23)19(24)8-10(20)5-6-18(16,19)2/h10-16,20-24H,3-9H2,1-2H3/t10?,11-,12-,13?,14?,15?,16-,17-,18+,19?/m0/s1. The van der Waals surface area contributed by atoms with Gasteiger partial charge >= 0.3 is 0 Å². The molecule has 4 rings (SSSR count). The molecule has 24 heavy (non-hydrogen) atoms. The Morgan fingerprint density at radius 2 is 1.58 bits per heavy atom. The van der Waals surface area contributed by atoms with Gasteiger partial charge in [-0.15, -0.1) is 0 Å². The molecule has 5 N–H and O–H groups in total. The van der Waals surface area contributed by atoms with Crippen molar-refractivity contribution >= 4 is 0 Å². The summed E-state index contributed by atoms with van der Waals surface area (Å²) in [4.78, 5) is 0. The van der Waals surface area contributed by atoms with Crippen molar-refractivity contribution in [3.8, 4) is 0 Å². The molecule has 5 nitrogen and oxygen atoms in total. The van der Waals surface area contributed by atoms with Crippen LogP contribution in [0.4, 0.5) is 0 Å². The van der Waals surface area contributed by atoms with E-state index in [9.17, 15) is 25.5 Å². The van der Waals surface area contributed by atoms with Gasteiger partial charge in [0.05, 0.1) is 30.0 Å². The van der Waals surface area contributed by atoms with Gasteiger partial charge in [0.15, 0.2) is 0 Å². The van der Waals surface area contributed by atoms with Crippen LogP contribution >= 0.6 is 0 Å². The van der Waals surface area contributed by atoms with Gasteiger partial charge in [-0.2, -0.15) is 0 Å². The fourth-order valence-electron chi connectivity index (χ4n) is 7.36. The summed E-state index contributed by atoms with van der Waals surface area (Å²) in [5.74, 6) is 0.317. The Morgan fingerprint density at radius 1 is 0.875 bits per heavy atom. The normalized spacial score (nSPS) is 63.4. The van der Waals surface area contributed by atoms with Gasteiger partial charge in [-0.1, -0.05) is 13.8 Å². The van der Waals surface area contributed by atoms with E-state index >= 15 is 0 Å². The monoisotopic (exact) mass is 340 g/mol. The van der Waals surface area contributed by atoms with E-state index in [0.717, 1.165) is 12.8 Å². The zero-order valence-electron chi connectivity index (χ0n) is 14.7. The molecule has 138 valence electrons. The molecule has 0 saturated heterocycles. The molecule has 4 saturated carbocycles. The van der Waals surface area contributed by atoms with Gasteiger partial charge < -0.3 is 25.5 Å². The average Bonchev–Trinajstić information content (AvgIpc) is 2.78. The van der Waals surface area contributed by atoms with Crippen LogP contribution in [0.5, 0.6) is 0 Å². The molecule has 0 radical (unpaired) electrons. The van der Waals surface area contributed by atoms with E-state index in [-0.39, 0.29) is 29.6 Å². The lowest BCUT2D eigenvalue weighted by Crippen LogP contribution is -2.71. The van der Waals surface area contributed by atoms with Crippen molar-refractivity contribution < 1.29 is 25.5 Å². The number of aliphatic hydroxyl groups is 5. The summed E-state index contributed by atoms with van der Waals surface area (Å²) in [6.45, 7) is 4.07. The summed E-state index contributed by atoms with van der Waals surface area (Å²) in [6, 6.07) is 0. The lowest BCUT2D eigenvalue weighted by Gasteiger charge is -2.66. The van der Waals surface area contributed by atoms with E-state index in [1.54, 1.807) is 0 Å². The van der Waals surface area contributed by atoms with Crippen LogP contribution in [-0.2, 0) is 0 Å². The fourth-order valence-corrected chi connectivity index (χ4v) is 7.36. The van der Waals surface area contributed by atoms with Gasteiger partial charge in [0, 0.05) is 11.8 Å². The maximum atomic E-state index is 11.3. The molecule has 0 aromatic rings. The molecule has 10 atom stereocenters. The van der Waals surface area contributed by atoms with Gasteiger partial charge in [-0.25, -0.2) is 0 Å². The molecular weight excluding hydrogens is 308 g/mol. The number of hydrogen-bond acceptors (Lipinski definition) is 5. The van der Waals surface area contributed by atoms with Gasteiger partial charge in [0.1, 0.15) is 0 Å². The highest BCUT2D eigenvalue weighted by molar-refractivity contribution is 5.18. The topological polar surface area (TPSA) is 101 Å². The third kappa shape index (κ3) is 1.94. The minimum Gasteiger partial charge on any atom is -0.393 e. The molecule has 0 spiro atoms. The summed E-state index contributed by atoms with van der Waals surface area (Å²) in [6.07, 6.45) is 1.66. The third-order valence-electron chi connectivity index (χ3n) is 8.72. The second-order valence-corrected chi connectivity index (χ2v) is 9.66. The third-order valence-corrected chi connectivity index (χ3v) is 8.72. The molecular formula is C19H32O5. The van der Waals surface area contributed by atoms with E-state index in [2.05, 4.69) is 6.92 Å². The highest BCUT2D eigenvalue weighted by atomic mass is 16.3. The Labute approximate surface area is 143 Å². The summed E-state index contributed by atoms with van der Waals surface area (Å²) in [5.41, 5.74) is -2.22. The molecule has 5 heteroatoms. The van der Waals surface area contributed by atoms with E-state index in [4.69, 9.17) is 0 Å². The van der Waals surface area contributed by atoms with Crippen LogP contribution in [0.15, 0.2) is 0 Å². The van der Waals surface area contributed by atoms with Crippen molar-refractivity contribution in [2.45, 2.75) is 88.8 Å². The SMILES string of the molecule is C[C@]12CC(O)[C@@H]3[C@@H](CC(O)C4(O)CC(O)CC[C@]34C)[C@@H]1CCC2O. The minimum absolute atomic E-state index is 0.0817. The molecule has 0 aromatic carbocycles. The fraction of sp³-hybridized carbons (Fsp3) is 1.00.